The summed E-state index contributed by atoms with van der Waals surface area (Å²) in [5.41, 5.74) is 1.66. The minimum absolute atomic E-state index is 0.196. The highest BCUT2D eigenvalue weighted by molar-refractivity contribution is 9.10. The van der Waals surface area contributed by atoms with Crippen LogP contribution in [-0.2, 0) is 0 Å². The lowest BCUT2D eigenvalue weighted by molar-refractivity contribution is 0.0650. The molecule has 3 amide bonds. The van der Waals surface area contributed by atoms with Crippen molar-refractivity contribution in [3.8, 4) is 5.75 Å². The van der Waals surface area contributed by atoms with Gasteiger partial charge in [-0.25, -0.2) is 0 Å². The molecule has 0 aliphatic carbocycles. The van der Waals surface area contributed by atoms with Gasteiger partial charge in [0.05, 0.1) is 18.2 Å². The number of fused-ring (bicyclic) bond motifs is 1. The molecule has 6 nitrogen and oxygen atoms in total. The molecule has 7 heteroatoms. The number of anilines is 1. The lowest BCUT2D eigenvalue weighted by Gasteiger charge is -2.27. The van der Waals surface area contributed by atoms with Crippen molar-refractivity contribution in [1.29, 1.82) is 0 Å². The third-order valence-electron chi connectivity index (χ3n) is 4.88. The minimum Gasteiger partial charge on any atom is -0.497 e. The molecule has 0 fully saturated rings. The second kappa shape index (κ2) is 8.12. The van der Waals surface area contributed by atoms with Crippen molar-refractivity contribution in [2.75, 3.05) is 18.7 Å². The number of hydrogen-bond donors (Lipinski definition) is 0. The van der Waals surface area contributed by atoms with Gasteiger partial charge >= 0.3 is 0 Å². The molecule has 1 aliphatic rings. The fourth-order valence-electron chi connectivity index (χ4n) is 3.28. The zero-order chi connectivity index (χ0) is 21.3. The summed E-state index contributed by atoms with van der Waals surface area (Å²) in [7, 11) is 1.55. The monoisotopic (exact) mass is 464 g/mol. The fraction of sp³-hybridized carbons (Fsp3) is 0.0870. The highest BCUT2D eigenvalue weighted by Crippen LogP contribution is 2.26. The van der Waals surface area contributed by atoms with Gasteiger partial charge in [0.2, 0.25) is 0 Å². The molecule has 0 aromatic heterocycles. The first-order valence-electron chi connectivity index (χ1n) is 9.16. The van der Waals surface area contributed by atoms with Crippen LogP contribution in [0.4, 0.5) is 5.69 Å². The van der Waals surface area contributed by atoms with Crippen molar-refractivity contribution in [2.24, 2.45) is 0 Å². The van der Waals surface area contributed by atoms with Gasteiger partial charge < -0.3 is 4.74 Å². The van der Waals surface area contributed by atoms with E-state index in [4.69, 9.17) is 4.74 Å². The molecule has 3 aromatic carbocycles. The molecule has 30 heavy (non-hydrogen) atoms. The molecule has 0 saturated heterocycles. The first-order chi connectivity index (χ1) is 14.5. The lowest BCUT2D eigenvalue weighted by Crippen LogP contribution is -2.44. The first kappa shape index (κ1) is 19.8. The van der Waals surface area contributed by atoms with E-state index in [0.717, 1.165) is 9.37 Å². The van der Waals surface area contributed by atoms with Crippen LogP contribution in [0.2, 0.25) is 0 Å². The molecule has 1 aliphatic heterocycles. The van der Waals surface area contributed by atoms with E-state index in [1.807, 2.05) is 0 Å². The van der Waals surface area contributed by atoms with Gasteiger partial charge in [0, 0.05) is 15.7 Å². The predicted molar refractivity (Wildman–Crippen MR) is 116 cm³/mol. The number of carbonyl (C=O) groups excluding carboxylic acids is 3. The van der Waals surface area contributed by atoms with Gasteiger partial charge in [-0.3, -0.25) is 24.2 Å². The Hall–Kier alpha value is -3.45. The topological polar surface area (TPSA) is 66.9 Å². The van der Waals surface area contributed by atoms with Crippen LogP contribution in [0.1, 0.15) is 31.1 Å². The average molecular weight is 465 g/mol. The summed E-state index contributed by atoms with van der Waals surface area (Å²) in [5.74, 6) is -0.542. The fourth-order valence-corrected chi connectivity index (χ4v) is 3.55. The second-order valence-electron chi connectivity index (χ2n) is 6.66. The van der Waals surface area contributed by atoms with Gasteiger partial charge in [0.15, 0.2) is 0 Å². The maximum absolute atomic E-state index is 13.3. The van der Waals surface area contributed by atoms with Crippen LogP contribution in [0.5, 0.6) is 5.75 Å². The molecule has 4 rings (SSSR count). The number of carbonyl (C=O) groups is 3. The Morgan fingerprint density at radius 2 is 1.47 bits per heavy atom. The third-order valence-corrected chi connectivity index (χ3v) is 5.41. The Morgan fingerprint density at radius 3 is 2.00 bits per heavy atom. The molecule has 0 saturated carbocycles. The van der Waals surface area contributed by atoms with Gasteiger partial charge in [-0.05, 0) is 60.7 Å². The molecule has 150 valence electrons. The van der Waals surface area contributed by atoms with E-state index in [-0.39, 0.29) is 12.6 Å². The Balaban J connectivity index is 1.69. The van der Waals surface area contributed by atoms with Crippen LogP contribution < -0.4 is 9.64 Å². The van der Waals surface area contributed by atoms with E-state index in [1.54, 1.807) is 79.9 Å². The summed E-state index contributed by atoms with van der Waals surface area (Å²) in [4.78, 5) is 41.5. The summed E-state index contributed by atoms with van der Waals surface area (Å²) < 4.78 is 6.00. The molecule has 0 bridgehead atoms. The maximum Gasteiger partial charge on any atom is 0.263 e. The Bertz CT molecular complexity index is 1090. The molecule has 1 heterocycles. The number of benzene rings is 3. The number of rotatable bonds is 5. The number of methoxy groups -OCH3 is 1. The maximum atomic E-state index is 13.3. The summed E-state index contributed by atoms with van der Waals surface area (Å²) in [6.07, 6.45) is 0. The molecule has 0 atom stereocenters. The summed E-state index contributed by atoms with van der Waals surface area (Å²) >= 11 is 3.38. The van der Waals surface area contributed by atoms with Crippen molar-refractivity contribution in [3.63, 3.8) is 0 Å². The number of halogens is 1. The largest absolute Gasteiger partial charge is 0.497 e. The second-order valence-corrected chi connectivity index (χ2v) is 7.58. The van der Waals surface area contributed by atoms with Crippen molar-refractivity contribution >= 4 is 39.3 Å². The molecule has 0 radical (unpaired) electrons. The van der Waals surface area contributed by atoms with Crippen LogP contribution in [-0.4, -0.2) is 36.4 Å². The molecule has 0 spiro atoms. The highest BCUT2D eigenvalue weighted by atomic mass is 79.9. The predicted octanol–water partition coefficient (Wildman–Crippen LogP) is 4.36. The number of imide groups is 1. The zero-order valence-electron chi connectivity index (χ0n) is 16.0. The van der Waals surface area contributed by atoms with E-state index < -0.39 is 11.8 Å². The average Bonchev–Trinajstić information content (AvgIpc) is 3.02. The Labute approximate surface area is 181 Å². The van der Waals surface area contributed by atoms with E-state index in [9.17, 15) is 14.4 Å². The van der Waals surface area contributed by atoms with Gasteiger partial charge in [-0.2, -0.15) is 0 Å². The molecule has 0 unspecified atom stereocenters. The number of amides is 3. The van der Waals surface area contributed by atoms with Gasteiger partial charge in [0.1, 0.15) is 12.4 Å². The summed E-state index contributed by atoms with van der Waals surface area (Å²) in [5, 5.41) is 0. The van der Waals surface area contributed by atoms with Crippen molar-refractivity contribution in [3.05, 3.63) is 94.0 Å². The van der Waals surface area contributed by atoms with Crippen LogP contribution in [0.15, 0.2) is 77.3 Å². The van der Waals surface area contributed by atoms with E-state index in [2.05, 4.69) is 15.9 Å². The standard InChI is InChI=1S/C23H17BrN2O4/c1-30-18-12-6-15(7-13-18)21(27)25(17-10-8-16(24)9-11-17)14-26-22(28)19-4-2-3-5-20(19)23(26)29/h2-13H,14H2,1H3. The van der Waals surface area contributed by atoms with E-state index in [0.29, 0.717) is 28.1 Å². The van der Waals surface area contributed by atoms with Gasteiger partial charge in [-0.15, -0.1) is 0 Å². The molecular formula is C23H17BrN2O4. The quantitative estimate of drug-likeness (QED) is 0.526. The molecule has 0 N–H and O–H groups in total. The minimum atomic E-state index is -0.416. The van der Waals surface area contributed by atoms with Crippen molar-refractivity contribution in [1.82, 2.24) is 4.90 Å². The Morgan fingerprint density at radius 1 is 0.900 bits per heavy atom. The Kier molecular flexibility index (Phi) is 5.37. The first-order valence-corrected chi connectivity index (χ1v) is 9.95. The highest BCUT2D eigenvalue weighted by Gasteiger charge is 2.37. The number of nitrogens with zero attached hydrogens (tertiary/aromatic N) is 2. The zero-order valence-corrected chi connectivity index (χ0v) is 17.6. The third kappa shape index (κ3) is 3.59. The summed E-state index contributed by atoms with van der Waals surface area (Å²) in [6.45, 7) is -0.196. The van der Waals surface area contributed by atoms with Crippen molar-refractivity contribution < 1.29 is 19.1 Å². The number of ether oxygens (including phenoxy) is 1. The smallest absolute Gasteiger partial charge is 0.263 e. The lowest BCUT2D eigenvalue weighted by atomic mass is 10.1. The number of hydrogen-bond acceptors (Lipinski definition) is 4. The van der Waals surface area contributed by atoms with Gasteiger partial charge in [0.25, 0.3) is 17.7 Å². The molecular weight excluding hydrogens is 448 g/mol. The van der Waals surface area contributed by atoms with Crippen LogP contribution >= 0.6 is 15.9 Å². The molecule has 3 aromatic rings. The van der Waals surface area contributed by atoms with Crippen LogP contribution in [0, 0.1) is 0 Å². The van der Waals surface area contributed by atoms with E-state index >= 15 is 0 Å². The van der Waals surface area contributed by atoms with Crippen LogP contribution in [0.25, 0.3) is 0 Å². The van der Waals surface area contributed by atoms with Gasteiger partial charge in [-0.1, -0.05) is 28.1 Å². The van der Waals surface area contributed by atoms with Crippen LogP contribution in [0.3, 0.4) is 0 Å². The van der Waals surface area contributed by atoms with E-state index in [1.165, 1.54) is 4.90 Å². The van der Waals surface area contributed by atoms with Crippen molar-refractivity contribution in [2.45, 2.75) is 0 Å². The normalized spacial score (nSPS) is 12.7. The SMILES string of the molecule is COc1ccc(C(=O)N(CN2C(=O)c3ccccc3C2=O)c2ccc(Br)cc2)cc1. The summed E-state index contributed by atoms with van der Waals surface area (Å²) in [6, 6.07) is 20.4.